The number of rotatable bonds is 8. The summed E-state index contributed by atoms with van der Waals surface area (Å²) in [7, 11) is 1.64. The number of nitrogens with one attached hydrogen (secondary N) is 2. The Labute approximate surface area is 246 Å². The van der Waals surface area contributed by atoms with Crippen LogP contribution in [0.3, 0.4) is 0 Å². The Bertz CT molecular complexity index is 1580. The van der Waals surface area contributed by atoms with Crippen LogP contribution in [0.5, 0.6) is 5.75 Å². The molecule has 216 valence electrons. The molecule has 0 saturated heterocycles. The molecule has 42 heavy (non-hydrogen) atoms. The molecule has 2 saturated carbocycles. The van der Waals surface area contributed by atoms with Crippen molar-refractivity contribution in [1.82, 2.24) is 14.9 Å². The van der Waals surface area contributed by atoms with E-state index in [-0.39, 0.29) is 24.2 Å². The monoisotopic (exact) mass is 564 g/mol. The Balaban J connectivity index is 1.42. The van der Waals surface area contributed by atoms with Crippen molar-refractivity contribution in [3.63, 3.8) is 0 Å². The molecule has 9 nitrogen and oxygen atoms in total. The number of carbonyl (C=O) groups is 2. The lowest BCUT2D eigenvalue weighted by Crippen LogP contribution is -2.45. The Kier molecular flexibility index (Phi) is 7.31. The van der Waals surface area contributed by atoms with Gasteiger partial charge in [0.25, 0.3) is 5.91 Å². The molecule has 2 heterocycles. The minimum absolute atomic E-state index is 0.0176. The van der Waals surface area contributed by atoms with Crippen molar-refractivity contribution in [2.24, 2.45) is 5.92 Å². The van der Waals surface area contributed by atoms with E-state index in [4.69, 9.17) is 4.74 Å². The first-order chi connectivity index (χ1) is 20.4. The number of ether oxygens (including phenoxy) is 1. The minimum atomic E-state index is -0.483. The van der Waals surface area contributed by atoms with E-state index in [2.05, 4.69) is 31.6 Å². The SMILES string of the molecule is COc1ccc(CN2C(=O)c3c(C)cc(Nc4ncnc(NC(=O)C5CC5)c4C)c(CC#N)c3C23CCCCC3)cc1. The van der Waals surface area contributed by atoms with Crippen LogP contribution in [0.2, 0.25) is 0 Å². The van der Waals surface area contributed by atoms with Gasteiger partial charge >= 0.3 is 0 Å². The quantitative estimate of drug-likeness (QED) is 0.340. The minimum Gasteiger partial charge on any atom is -0.497 e. The topological polar surface area (TPSA) is 120 Å². The number of benzene rings is 2. The highest BCUT2D eigenvalue weighted by Crippen LogP contribution is 2.53. The summed E-state index contributed by atoms with van der Waals surface area (Å²) in [5.74, 6) is 1.88. The van der Waals surface area contributed by atoms with E-state index in [1.807, 2.05) is 44.2 Å². The lowest BCUT2D eigenvalue weighted by atomic mass is 9.73. The fourth-order valence-corrected chi connectivity index (χ4v) is 6.67. The smallest absolute Gasteiger partial charge is 0.255 e. The standard InChI is InChI=1S/C33H36N6O3/c1-20-17-26(37-29-21(2)30(36-19-35-29)38-31(40)23-9-10-23)25(13-16-34)28-27(20)32(41)39(33(28)14-5-4-6-15-33)18-22-7-11-24(42-3)12-8-22/h7-8,11-12,17,19,23H,4-6,9-10,13-15,18H2,1-3H3,(H2,35,36,37,38,40). The van der Waals surface area contributed by atoms with Crippen LogP contribution in [0.15, 0.2) is 36.7 Å². The molecule has 3 aliphatic rings. The Morgan fingerprint density at radius 3 is 2.50 bits per heavy atom. The molecule has 3 aromatic rings. The van der Waals surface area contributed by atoms with Gasteiger partial charge in [0.15, 0.2) is 0 Å². The Morgan fingerprint density at radius 1 is 1.12 bits per heavy atom. The molecule has 9 heteroatoms. The van der Waals surface area contributed by atoms with Gasteiger partial charge in [-0.05, 0) is 80.0 Å². The van der Waals surface area contributed by atoms with Gasteiger partial charge in [0.1, 0.15) is 23.7 Å². The number of amides is 2. The molecule has 1 aliphatic heterocycles. The second-order valence-corrected chi connectivity index (χ2v) is 11.7. The highest BCUT2D eigenvalue weighted by Gasteiger charge is 2.52. The van der Waals surface area contributed by atoms with E-state index < -0.39 is 5.54 Å². The summed E-state index contributed by atoms with van der Waals surface area (Å²) in [5.41, 5.74) is 5.45. The fraction of sp³-hybridized carbons (Fsp3) is 0.424. The summed E-state index contributed by atoms with van der Waals surface area (Å²) >= 11 is 0. The molecule has 6 rings (SSSR count). The fourth-order valence-electron chi connectivity index (χ4n) is 6.67. The first kappa shape index (κ1) is 27.7. The van der Waals surface area contributed by atoms with Crippen LogP contribution in [0, 0.1) is 31.1 Å². The number of fused-ring (bicyclic) bond motifs is 2. The van der Waals surface area contributed by atoms with Gasteiger partial charge < -0.3 is 20.3 Å². The first-order valence-electron chi connectivity index (χ1n) is 14.7. The number of anilines is 3. The lowest BCUT2D eigenvalue weighted by molar-refractivity contribution is -0.117. The van der Waals surface area contributed by atoms with Crippen molar-refractivity contribution in [1.29, 1.82) is 5.26 Å². The second kappa shape index (κ2) is 11.1. The molecule has 1 spiro atoms. The van der Waals surface area contributed by atoms with Gasteiger partial charge in [-0.3, -0.25) is 9.59 Å². The average Bonchev–Trinajstić information content (AvgIpc) is 3.82. The summed E-state index contributed by atoms with van der Waals surface area (Å²) in [5, 5.41) is 16.4. The molecule has 0 bridgehead atoms. The maximum atomic E-state index is 14.2. The van der Waals surface area contributed by atoms with Gasteiger partial charge in [-0.25, -0.2) is 9.97 Å². The van der Waals surface area contributed by atoms with Gasteiger partial charge in [0.2, 0.25) is 5.91 Å². The second-order valence-electron chi connectivity index (χ2n) is 11.7. The molecule has 2 N–H and O–H groups in total. The zero-order chi connectivity index (χ0) is 29.4. The predicted octanol–water partition coefficient (Wildman–Crippen LogP) is 6.08. The van der Waals surface area contributed by atoms with E-state index in [9.17, 15) is 14.9 Å². The van der Waals surface area contributed by atoms with Crippen molar-refractivity contribution < 1.29 is 14.3 Å². The molecule has 0 unspecified atom stereocenters. The van der Waals surface area contributed by atoms with Crippen molar-refractivity contribution >= 4 is 29.1 Å². The number of nitriles is 1. The maximum Gasteiger partial charge on any atom is 0.255 e. The summed E-state index contributed by atoms with van der Waals surface area (Å²) < 4.78 is 5.34. The summed E-state index contributed by atoms with van der Waals surface area (Å²) in [4.78, 5) is 37.5. The highest BCUT2D eigenvalue weighted by molar-refractivity contribution is 6.03. The first-order valence-corrected chi connectivity index (χ1v) is 14.7. The molecule has 0 atom stereocenters. The number of carbonyl (C=O) groups excluding carboxylic acids is 2. The van der Waals surface area contributed by atoms with Crippen molar-refractivity contribution in [3.05, 3.63) is 70.0 Å². The van der Waals surface area contributed by atoms with Crippen LogP contribution in [0.1, 0.15) is 83.1 Å². The number of methoxy groups -OCH3 is 1. The molecule has 2 fully saturated rings. The zero-order valence-electron chi connectivity index (χ0n) is 24.4. The number of nitrogens with zero attached hydrogens (tertiary/aromatic N) is 4. The number of hydrogen-bond acceptors (Lipinski definition) is 7. The molecular weight excluding hydrogens is 528 g/mol. The lowest BCUT2D eigenvalue weighted by Gasteiger charge is -2.43. The maximum absolute atomic E-state index is 14.2. The van der Waals surface area contributed by atoms with Crippen LogP contribution in [-0.4, -0.2) is 33.8 Å². The molecule has 2 aliphatic carbocycles. The molecule has 0 radical (unpaired) electrons. The van der Waals surface area contributed by atoms with E-state index in [1.54, 1.807) is 7.11 Å². The number of aromatic nitrogens is 2. The summed E-state index contributed by atoms with van der Waals surface area (Å²) in [6.07, 6.45) is 8.28. The summed E-state index contributed by atoms with van der Waals surface area (Å²) in [6.45, 7) is 4.33. The Hall–Kier alpha value is -4.45. The van der Waals surface area contributed by atoms with Crippen molar-refractivity contribution in [2.45, 2.75) is 77.3 Å². The van der Waals surface area contributed by atoms with Crippen LogP contribution in [0.25, 0.3) is 0 Å². The van der Waals surface area contributed by atoms with E-state index in [0.29, 0.717) is 18.2 Å². The Morgan fingerprint density at radius 2 is 1.83 bits per heavy atom. The molecular formula is C33H36N6O3. The van der Waals surface area contributed by atoms with Gasteiger partial charge in [0, 0.05) is 29.3 Å². The van der Waals surface area contributed by atoms with Crippen molar-refractivity contribution in [3.8, 4) is 11.8 Å². The van der Waals surface area contributed by atoms with Crippen LogP contribution in [0.4, 0.5) is 17.3 Å². The van der Waals surface area contributed by atoms with Gasteiger partial charge in [-0.1, -0.05) is 31.4 Å². The molecule has 2 amide bonds. The van der Waals surface area contributed by atoms with E-state index in [1.165, 1.54) is 6.33 Å². The number of aryl methyl sites for hydroxylation is 1. The van der Waals surface area contributed by atoms with Gasteiger partial charge in [-0.15, -0.1) is 0 Å². The largest absolute Gasteiger partial charge is 0.497 e. The van der Waals surface area contributed by atoms with Crippen LogP contribution in [-0.2, 0) is 23.3 Å². The third-order valence-corrected chi connectivity index (χ3v) is 9.04. The zero-order valence-corrected chi connectivity index (χ0v) is 24.4. The van der Waals surface area contributed by atoms with E-state index in [0.717, 1.165) is 89.8 Å². The van der Waals surface area contributed by atoms with Gasteiger partial charge in [-0.2, -0.15) is 5.26 Å². The molecule has 2 aromatic carbocycles. The highest BCUT2D eigenvalue weighted by atomic mass is 16.5. The molecule has 1 aromatic heterocycles. The van der Waals surface area contributed by atoms with Crippen molar-refractivity contribution in [2.75, 3.05) is 17.7 Å². The van der Waals surface area contributed by atoms with Gasteiger partial charge in [0.05, 0.1) is 25.1 Å². The van der Waals surface area contributed by atoms with Crippen LogP contribution >= 0.6 is 0 Å². The van der Waals surface area contributed by atoms with E-state index >= 15 is 0 Å². The third kappa shape index (κ3) is 4.85. The van der Waals surface area contributed by atoms with Crippen LogP contribution < -0.4 is 15.4 Å². The normalized spacial score (nSPS) is 17.1. The average molecular weight is 565 g/mol. The number of hydrogen-bond donors (Lipinski definition) is 2. The third-order valence-electron chi connectivity index (χ3n) is 9.04. The summed E-state index contributed by atoms with van der Waals surface area (Å²) in [6, 6.07) is 12.2. The predicted molar refractivity (Wildman–Crippen MR) is 160 cm³/mol.